The van der Waals surface area contributed by atoms with E-state index in [0.29, 0.717) is 35.9 Å². The number of fused-ring (bicyclic) bond motifs is 5. The molecule has 23 heavy (non-hydrogen) atoms. The van der Waals surface area contributed by atoms with Crippen LogP contribution >= 0.6 is 0 Å². The Labute approximate surface area is 139 Å². The second-order valence-corrected chi connectivity index (χ2v) is 9.82. The van der Waals surface area contributed by atoms with Crippen LogP contribution in [0.2, 0.25) is 0 Å². The molecule has 4 fully saturated rings. The van der Waals surface area contributed by atoms with Crippen LogP contribution in [0.4, 0.5) is 0 Å². The Morgan fingerprint density at radius 1 is 1.09 bits per heavy atom. The number of ketones is 1. The third-order valence-electron chi connectivity index (χ3n) is 8.98. The molecule has 3 nitrogen and oxygen atoms in total. The van der Waals surface area contributed by atoms with Crippen molar-refractivity contribution in [3.8, 4) is 0 Å². The molecule has 0 amide bonds. The highest BCUT2D eigenvalue weighted by Gasteiger charge is 2.65. The number of carbonyl (C=O) groups excluding carboxylic acids is 1. The first-order valence-electron chi connectivity index (χ1n) is 9.61. The van der Waals surface area contributed by atoms with Crippen LogP contribution in [0.25, 0.3) is 0 Å². The highest BCUT2D eigenvalue weighted by atomic mass is 16.3. The second-order valence-electron chi connectivity index (χ2n) is 9.82. The van der Waals surface area contributed by atoms with Gasteiger partial charge >= 0.3 is 0 Å². The normalized spacial score (nSPS) is 59.2. The molecule has 0 aromatic heterocycles. The molecule has 0 saturated heterocycles. The zero-order chi connectivity index (χ0) is 16.6. The van der Waals surface area contributed by atoms with Gasteiger partial charge in [0.2, 0.25) is 0 Å². The molecule has 4 rings (SSSR count). The zero-order valence-electron chi connectivity index (χ0n) is 14.8. The van der Waals surface area contributed by atoms with E-state index in [1.807, 2.05) is 6.92 Å². The van der Waals surface area contributed by atoms with E-state index in [9.17, 15) is 15.0 Å². The molecule has 0 bridgehead atoms. The van der Waals surface area contributed by atoms with Crippen LogP contribution in [-0.2, 0) is 4.79 Å². The van der Waals surface area contributed by atoms with Crippen molar-refractivity contribution in [2.45, 2.75) is 83.8 Å². The van der Waals surface area contributed by atoms with Crippen LogP contribution < -0.4 is 0 Å². The number of aliphatic hydroxyl groups excluding tert-OH is 1. The van der Waals surface area contributed by atoms with E-state index >= 15 is 0 Å². The smallest absolute Gasteiger partial charge is 0.133 e. The molecule has 0 aromatic carbocycles. The Balaban J connectivity index is 1.70. The molecule has 0 aromatic rings. The highest BCUT2D eigenvalue weighted by molar-refractivity contribution is 5.79. The van der Waals surface area contributed by atoms with Crippen molar-refractivity contribution in [2.24, 2.45) is 34.5 Å². The summed E-state index contributed by atoms with van der Waals surface area (Å²) in [6, 6.07) is 0. The van der Waals surface area contributed by atoms with Crippen molar-refractivity contribution < 1.29 is 15.0 Å². The Hall–Kier alpha value is -0.410. The minimum absolute atomic E-state index is 0.117. The van der Waals surface area contributed by atoms with E-state index in [1.54, 1.807) is 0 Å². The third-order valence-corrected chi connectivity index (χ3v) is 8.98. The summed E-state index contributed by atoms with van der Waals surface area (Å²) in [6.07, 6.45) is 6.99. The number of carbonyl (C=O) groups is 1. The molecule has 4 aliphatic carbocycles. The monoisotopic (exact) mass is 320 g/mol. The first-order chi connectivity index (χ1) is 10.7. The maximum absolute atomic E-state index is 11.9. The predicted molar refractivity (Wildman–Crippen MR) is 88.7 cm³/mol. The van der Waals surface area contributed by atoms with E-state index in [0.717, 1.165) is 44.9 Å². The standard InChI is InChI=1S/C20H32O3/c1-18-8-6-13(21)10-12(18)4-5-14-15-7-9-20(3,23)19(15,2)11-16(22)17(14)18/h12,14-17,22-23H,4-11H2,1-3H3/t12-,14+,15+,16+,17-,18+,19+,20-/m1/s1. The number of hydrogen-bond acceptors (Lipinski definition) is 3. The van der Waals surface area contributed by atoms with E-state index in [2.05, 4.69) is 13.8 Å². The molecule has 2 N–H and O–H groups in total. The lowest BCUT2D eigenvalue weighted by atomic mass is 9.44. The van der Waals surface area contributed by atoms with Gasteiger partial charge in [0, 0.05) is 18.3 Å². The summed E-state index contributed by atoms with van der Waals surface area (Å²) in [5.74, 6) is 2.26. The van der Waals surface area contributed by atoms with Gasteiger partial charge in [-0.25, -0.2) is 0 Å². The van der Waals surface area contributed by atoms with E-state index in [-0.39, 0.29) is 16.9 Å². The first kappa shape index (κ1) is 16.1. The van der Waals surface area contributed by atoms with Crippen molar-refractivity contribution >= 4 is 5.78 Å². The number of rotatable bonds is 0. The van der Waals surface area contributed by atoms with Gasteiger partial charge in [-0.3, -0.25) is 4.79 Å². The number of Topliss-reactive ketones (excluding diaryl/α,β-unsaturated/α-hetero) is 1. The molecule has 0 radical (unpaired) electrons. The fraction of sp³-hybridized carbons (Fsp3) is 0.950. The van der Waals surface area contributed by atoms with Gasteiger partial charge in [0.05, 0.1) is 11.7 Å². The summed E-state index contributed by atoms with van der Waals surface area (Å²) in [7, 11) is 0. The largest absolute Gasteiger partial charge is 0.393 e. The Kier molecular flexibility index (Phi) is 3.37. The van der Waals surface area contributed by atoms with Crippen LogP contribution in [0.3, 0.4) is 0 Å². The maximum atomic E-state index is 11.9. The SMILES string of the molecule is C[C@]12CCC(=O)C[C@H]1CC[C@@H]1[C@@H]2[C@@H](O)C[C@@]2(C)[C@H]1CC[C@@]2(C)O. The van der Waals surface area contributed by atoms with E-state index in [1.165, 1.54) is 0 Å². The molecule has 0 unspecified atom stereocenters. The maximum Gasteiger partial charge on any atom is 0.133 e. The van der Waals surface area contributed by atoms with Crippen LogP contribution in [0, 0.1) is 34.5 Å². The molecule has 4 saturated carbocycles. The van der Waals surface area contributed by atoms with Gasteiger partial charge in [-0.05, 0) is 74.5 Å². The summed E-state index contributed by atoms with van der Waals surface area (Å²) in [4.78, 5) is 11.9. The molecule has 4 aliphatic rings. The van der Waals surface area contributed by atoms with Crippen LogP contribution in [0.5, 0.6) is 0 Å². The third kappa shape index (κ3) is 1.99. The van der Waals surface area contributed by atoms with Gasteiger partial charge in [0.25, 0.3) is 0 Å². The molecule has 130 valence electrons. The average Bonchev–Trinajstić information content (AvgIpc) is 2.69. The lowest BCUT2D eigenvalue weighted by Gasteiger charge is -2.62. The fourth-order valence-corrected chi connectivity index (χ4v) is 7.39. The molecule has 0 heterocycles. The van der Waals surface area contributed by atoms with Gasteiger partial charge in [-0.15, -0.1) is 0 Å². The highest BCUT2D eigenvalue weighted by Crippen LogP contribution is 2.67. The zero-order valence-corrected chi connectivity index (χ0v) is 14.8. The number of aliphatic hydroxyl groups is 2. The van der Waals surface area contributed by atoms with Crippen LogP contribution in [0.1, 0.15) is 72.1 Å². The first-order valence-corrected chi connectivity index (χ1v) is 9.61. The predicted octanol–water partition coefficient (Wildman–Crippen LogP) is 3.32. The summed E-state index contributed by atoms with van der Waals surface area (Å²) < 4.78 is 0. The van der Waals surface area contributed by atoms with Crippen molar-refractivity contribution in [1.29, 1.82) is 0 Å². The molecule has 0 aliphatic heterocycles. The molecule has 3 heteroatoms. The van der Waals surface area contributed by atoms with Crippen molar-refractivity contribution in [2.75, 3.05) is 0 Å². The number of hydrogen-bond donors (Lipinski definition) is 2. The van der Waals surface area contributed by atoms with Gasteiger partial charge in [0.15, 0.2) is 0 Å². The lowest BCUT2D eigenvalue weighted by Crippen LogP contribution is -2.60. The molecular weight excluding hydrogens is 288 g/mol. The van der Waals surface area contributed by atoms with Crippen molar-refractivity contribution in [3.63, 3.8) is 0 Å². The van der Waals surface area contributed by atoms with Crippen LogP contribution in [0.15, 0.2) is 0 Å². The minimum Gasteiger partial charge on any atom is -0.393 e. The summed E-state index contributed by atoms with van der Waals surface area (Å²) in [5, 5.41) is 22.1. The minimum atomic E-state index is -0.649. The fourth-order valence-electron chi connectivity index (χ4n) is 7.39. The Morgan fingerprint density at radius 3 is 2.57 bits per heavy atom. The quantitative estimate of drug-likeness (QED) is 0.720. The lowest BCUT2D eigenvalue weighted by molar-refractivity contribution is -0.192. The molecule has 8 atom stereocenters. The van der Waals surface area contributed by atoms with Crippen molar-refractivity contribution in [1.82, 2.24) is 0 Å². The van der Waals surface area contributed by atoms with Crippen molar-refractivity contribution in [3.05, 3.63) is 0 Å². The van der Waals surface area contributed by atoms with Gasteiger partial charge in [-0.2, -0.15) is 0 Å². The Morgan fingerprint density at radius 2 is 1.83 bits per heavy atom. The topological polar surface area (TPSA) is 57.5 Å². The molecule has 0 spiro atoms. The van der Waals surface area contributed by atoms with Crippen LogP contribution in [-0.4, -0.2) is 27.7 Å². The average molecular weight is 320 g/mol. The summed E-state index contributed by atoms with van der Waals surface area (Å²) in [6.45, 7) is 6.54. The van der Waals surface area contributed by atoms with Gasteiger partial charge in [-0.1, -0.05) is 13.8 Å². The van der Waals surface area contributed by atoms with Gasteiger partial charge < -0.3 is 10.2 Å². The second kappa shape index (κ2) is 4.82. The Bertz CT molecular complexity index is 527. The van der Waals surface area contributed by atoms with E-state index in [4.69, 9.17) is 0 Å². The van der Waals surface area contributed by atoms with Gasteiger partial charge in [0.1, 0.15) is 5.78 Å². The van der Waals surface area contributed by atoms with E-state index < -0.39 is 5.60 Å². The molecular formula is C20H32O3. The summed E-state index contributed by atoms with van der Waals surface area (Å²) in [5.41, 5.74) is -0.683. The summed E-state index contributed by atoms with van der Waals surface area (Å²) >= 11 is 0.